The lowest BCUT2D eigenvalue weighted by molar-refractivity contribution is -0.121. The summed E-state index contributed by atoms with van der Waals surface area (Å²) in [6, 6.07) is 5.34. The Labute approximate surface area is 99.6 Å². The number of hydrogen-bond donors (Lipinski definition) is 0. The Balaban J connectivity index is 2.42. The monoisotopic (exact) mass is 234 g/mol. The lowest BCUT2D eigenvalue weighted by atomic mass is 10.2. The number of carbonyl (C=O) groups excluding carboxylic acids is 2. The normalized spacial score (nSPS) is 14.1. The molecule has 2 amide bonds. The molecule has 5 nitrogen and oxygen atoms in total. The third-order valence-electron chi connectivity index (χ3n) is 2.89. The quantitative estimate of drug-likeness (QED) is 0.729. The Bertz CT molecular complexity index is 485. The molecule has 0 atom stereocenters. The number of anilines is 2. The molecule has 0 bridgehead atoms. The van der Waals surface area contributed by atoms with Crippen molar-refractivity contribution in [1.82, 2.24) is 0 Å². The van der Waals surface area contributed by atoms with Crippen molar-refractivity contribution in [1.29, 1.82) is 0 Å². The second kappa shape index (κ2) is 4.08. The minimum absolute atomic E-state index is 0.0596. The topological polar surface area (TPSA) is 49.9 Å². The number of rotatable bonds is 1. The van der Waals surface area contributed by atoms with Crippen LogP contribution in [0.3, 0.4) is 0 Å². The summed E-state index contributed by atoms with van der Waals surface area (Å²) in [5.41, 5.74) is 1.42. The molecule has 0 spiro atoms. The average Bonchev–Trinajstić information content (AvgIpc) is 2.32. The SMILES string of the molecule is CC(=O)N(C)c1ccc2c(c1)N(C)C(=O)CO2. The zero-order chi connectivity index (χ0) is 12.6. The molecule has 1 aliphatic rings. The van der Waals surface area contributed by atoms with Gasteiger partial charge in [0.25, 0.3) is 5.91 Å². The Hall–Kier alpha value is -2.04. The van der Waals surface area contributed by atoms with Gasteiger partial charge in [0.05, 0.1) is 5.69 Å². The Kier molecular flexibility index (Phi) is 2.75. The van der Waals surface area contributed by atoms with Crippen LogP contribution >= 0.6 is 0 Å². The number of benzene rings is 1. The van der Waals surface area contributed by atoms with E-state index in [9.17, 15) is 9.59 Å². The second-order valence-electron chi connectivity index (χ2n) is 3.97. The summed E-state index contributed by atoms with van der Waals surface area (Å²) in [5.74, 6) is 0.503. The second-order valence-corrected chi connectivity index (χ2v) is 3.97. The lowest BCUT2D eigenvalue weighted by Crippen LogP contribution is -2.35. The molecule has 0 unspecified atom stereocenters. The van der Waals surface area contributed by atoms with Crippen LogP contribution in [0.1, 0.15) is 6.92 Å². The average molecular weight is 234 g/mol. The maximum absolute atomic E-state index is 11.5. The Morgan fingerprint density at radius 1 is 1.47 bits per heavy atom. The van der Waals surface area contributed by atoms with Crippen LogP contribution in [0.2, 0.25) is 0 Å². The zero-order valence-electron chi connectivity index (χ0n) is 10.1. The minimum Gasteiger partial charge on any atom is -0.482 e. The molecular formula is C12H14N2O3. The molecular weight excluding hydrogens is 220 g/mol. The summed E-state index contributed by atoms with van der Waals surface area (Å²) >= 11 is 0. The molecule has 0 fully saturated rings. The van der Waals surface area contributed by atoms with E-state index in [1.807, 2.05) is 0 Å². The molecule has 90 valence electrons. The van der Waals surface area contributed by atoms with E-state index in [2.05, 4.69) is 0 Å². The van der Waals surface area contributed by atoms with Crippen molar-refractivity contribution in [3.8, 4) is 5.75 Å². The Morgan fingerprint density at radius 3 is 2.82 bits per heavy atom. The van der Waals surface area contributed by atoms with E-state index in [1.54, 1.807) is 32.3 Å². The van der Waals surface area contributed by atoms with Crippen molar-refractivity contribution in [2.45, 2.75) is 6.92 Å². The predicted octanol–water partition coefficient (Wildman–Crippen LogP) is 1.02. The maximum atomic E-state index is 11.5. The number of carbonyl (C=O) groups is 2. The van der Waals surface area contributed by atoms with E-state index >= 15 is 0 Å². The molecule has 1 aliphatic heterocycles. The zero-order valence-corrected chi connectivity index (χ0v) is 10.1. The van der Waals surface area contributed by atoms with Crippen LogP contribution in [-0.4, -0.2) is 32.5 Å². The van der Waals surface area contributed by atoms with Crippen molar-refractivity contribution < 1.29 is 14.3 Å². The standard InChI is InChI=1S/C12H14N2O3/c1-8(15)13(2)9-4-5-11-10(6-9)14(3)12(16)7-17-11/h4-6H,7H2,1-3H3. The maximum Gasteiger partial charge on any atom is 0.264 e. The fourth-order valence-electron chi connectivity index (χ4n) is 1.65. The van der Waals surface area contributed by atoms with Crippen molar-refractivity contribution in [3.05, 3.63) is 18.2 Å². The van der Waals surface area contributed by atoms with E-state index in [0.29, 0.717) is 11.4 Å². The van der Waals surface area contributed by atoms with E-state index in [4.69, 9.17) is 4.74 Å². The summed E-state index contributed by atoms with van der Waals surface area (Å²) in [6.07, 6.45) is 0. The first-order valence-corrected chi connectivity index (χ1v) is 5.28. The van der Waals surface area contributed by atoms with Gasteiger partial charge in [-0.1, -0.05) is 0 Å². The number of likely N-dealkylation sites (N-methyl/N-ethyl adjacent to an activating group) is 1. The molecule has 0 N–H and O–H groups in total. The minimum atomic E-state index is -0.0971. The summed E-state index contributed by atoms with van der Waals surface area (Å²) in [7, 11) is 3.39. The summed E-state index contributed by atoms with van der Waals surface area (Å²) in [5, 5.41) is 0. The molecule has 1 aromatic rings. The molecule has 1 aromatic carbocycles. The summed E-state index contributed by atoms with van der Waals surface area (Å²) in [6.45, 7) is 1.55. The first kappa shape index (κ1) is 11.4. The predicted molar refractivity (Wildman–Crippen MR) is 64.4 cm³/mol. The number of fused-ring (bicyclic) bond motifs is 1. The van der Waals surface area contributed by atoms with Crippen LogP contribution in [0.4, 0.5) is 11.4 Å². The van der Waals surface area contributed by atoms with Crippen LogP contribution in [-0.2, 0) is 9.59 Å². The molecule has 5 heteroatoms. The van der Waals surface area contributed by atoms with Crippen molar-refractivity contribution in [3.63, 3.8) is 0 Å². The highest BCUT2D eigenvalue weighted by Gasteiger charge is 2.23. The molecule has 0 saturated heterocycles. The Morgan fingerprint density at radius 2 is 2.18 bits per heavy atom. The van der Waals surface area contributed by atoms with E-state index in [-0.39, 0.29) is 18.4 Å². The van der Waals surface area contributed by atoms with Crippen molar-refractivity contribution in [2.24, 2.45) is 0 Å². The number of hydrogen-bond acceptors (Lipinski definition) is 3. The molecule has 0 radical (unpaired) electrons. The van der Waals surface area contributed by atoms with Gasteiger partial charge in [-0.25, -0.2) is 0 Å². The molecule has 0 aliphatic carbocycles. The molecule has 0 aromatic heterocycles. The van der Waals surface area contributed by atoms with Gasteiger partial charge in [-0.05, 0) is 18.2 Å². The number of ether oxygens (including phenoxy) is 1. The molecule has 17 heavy (non-hydrogen) atoms. The largest absolute Gasteiger partial charge is 0.482 e. The van der Waals surface area contributed by atoms with Gasteiger partial charge >= 0.3 is 0 Å². The van der Waals surface area contributed by atoms with Crippen LogP contribution in [0, 0.1) is 0 Å². The third-order valence-corrected chi connectivity index (χ3v) is 2.89. The van der Waals surface area contributed by atoms with Crippen LogP contribution in [0.5, 0.6) is 5.75 Å². The van der Waals surface area contributed by atoms with Gasteiger partial charge in [-0.15, -0.1) is 0 Å². The first-order chi connectivity index (χ1) is 8.00. The molecule has 1 heterocycles. The highest BCUT2D eigenvalue weighted by Crippen LogP contribution is 2.34. The highest BCUT2D eigenvalue weighted by atomic mass is 16.5. The van der Waals surface area contributed by atoms with Crippen molar-refractivity contribution in [2.75, 3.05) is 30.5 Å². The van der Waals surface area contributed by atoms with Crippen LogP contribution in [0.15, 0.2) is 18.2 Å². The fourth-order valence-corrected chi connectivity index (χ4v) is 1.65. The van der Waals surface area contributed by atoms with E-state index in [1.165, 1.54) is 16.7 Å². The third kappa shape index (κ3) is 1.95. The first-order valence-electron chi connectivity index (χ1n) is 5.28. The van der Waals surface area contributed by atoms with Gasteiger partial charge in [0.15, 0.2) is 6.61 Å². The van der Waals surface area contributed by atoms with Crippen molar-refractivity contribution >= 4 is 23.2 Å². The summed E-state index contributed by atoms with van der Waals surface area (Å²) < 4.78 is 5.31. The summed E-state index contributed by atoms with van der Waals surface area (Å²) in [4.78, 5) is 25.8. The molecule has 2 rings (SSSR count). The van der Waals surface area contributed by atoms with E-state index < -0.39 is 0 Å². The number of amides is 2. The smallest absolute Gasteiger partial charge is 0.264 e. The molecule has 0 saturated carbocycles. The highest BCUT2D eigenvalue weighted by molar-refractivity contribution is 5.99. The van der Waals surface area contributed by atoms with Gasteiger partial charge in [-0.2, -0.15) is 0 Å². The number of nitrogens with zero attached hydrogens (tertiary/aromatic N) is 2. The van der Waals surface area contributed by atoms with Crippen LogP contribution < -0.4 is 14.5 Å². The van der Waals surface area contributed by atoms with Gasteiger partial charge in [0.2, 0.25) is 5.91 Å². The van der Waals surface area contributed by atoms with Gasteiger partial charge in [-0.3, -0.25) is 9.59 Å². The van der Waals surface area contributed by atoms with E-state index in [0.717, 1.165) is 5.69 Å². The van der Waals surface area contributed by atoms with Gasteiger partial charge in [0, 0.05) is 26.7 Å². The van der Waals surface area contributed by atoms with Gasteiger partial charge in [0.1, 0.15) is 5.75 Å². The lowest BCUT2D eigenvalue weighted by Gasteiger charge is -2.27. The fraction of sp³-hybridized carbons (Fsp3) is 0.333. The van der Waals surface area contributed by atoms with Gasteiger partial charge < -0.3 is 14.5 Å². The van der Waals surface area contributed by atoms with Crippen LogP contribution in [0.25, 0.3) is 0 Å².